The highest BCUT2D eigenvalue weighted by Crippen LogP contribution is 2.26. The van der Waals surface area contributed by atoms with Crippen LogP contribution in [0.1, 0.15) is 61.9 Å². The molecule has 0 saturated carbocycles. The lowest BCUT2D eigenvalue weighted by Gasteiger charge is -2.13. The molecule has 1 N–H and O–H groups in total. The molecule has 0 bridgehead atoms. The number of hydrogen-bond acceptors (Lipinski definition) is 3. The van der Waals surface area contributed by atoms with Gasteiger partial charge in [-0.25, -0.2) is 0 Å². The quantitative estimate of drug-likeness (QED) is 0.737. The van der Waals surface area contributed by atoms with Crippen LogP contribution >= 0.6 is 0 Å². The molecule has 0 unspecified atom stereocenters. The van der Waals surface area contributed by atoms with E-state index in [0.717, 1.165) is 5.56 Å². The second-order valence-corrected chi connectivity index (χ2v) is 5.01. The summed E-state index contributed by atoms with van der Waals surface area (Å²) in [5, 5.41) is 8.62. The predicted molar refractivity (Wildman–Crippen MR) is 77.5 cm³/mol. The van der Waals surface area contributed by atoms with Gasteiger partial charge in [0.05, 0.1) is 12.2 Å². The van der Waals surface area contributed by atoms with Crippen molar-refractivity contribution in [3.05, 3.63) is 29.3 Å². The van der Waals surface area contributed by atoms with Crippen molar-refractivity contribution in [3.8, 4) is 5.75 Å². The van der Waals surface area contributed by atoms with Crippen LogP contribution in [0.3, 0.4) is 0 Å². The van der Waals surface area contributed by atoms with Gasteiger partial charge >= 0.3 is 5.97 Å². The Labute approximate surface area is 119 Å². The Morgan fingerprint density at radius 3 is 2.50 bits per heavy atom. The molecule has 0 radical (unpaired) electrons. The minimum Gasteiger partial charge on any atom is -0.493 e. The van der Waals surface area contributed by atoms with Crippen LogP contribution in [-0.2, 0) is 4.79 Å². The van der Waals surface area contributed by atoms with E-state index in [1.807, 2.05) is 25.1 Å². The van der Waals surface area contributed by atoms with Gasteiger partial charge in [-0.2, -0.15) is 0 Å². The number of aliphatic carboxylic acids is 1. The summed E-state index contributed by atoms with van der Waals surface area (Å²) in [5.41, 5.74) is 1.64. The Morgan fingerprint density at radius 2 is 1.95 bits per heavy atom. The van der Waals surface area contributed by atoms with Gasteiger partial charge < -0.3 is 9.84 Å². The lowest BCUT2D eigenvalue weighted by atomic mass is 9.97. The minimum atomic E-state index is -0.876. The second-order valence-electron chi connectivity index (χ2n) is 5.01. The van der Waals surface area contributed by atoms with Crippen LogP contribution in [0.15, 0.2) is 18.2 Å². The van der Waals surface area contributed by atoms with Crippen LogP contribution in [0.5, 0.6) is 5.75 Å². The largest absolute Gasteiger partial charge is 0.493 e. The van der Waals surface area contributed by atoms with E-state index >= 15 is 0 Å². The first-order valence-electron chi connectivity index (χ1n) is 6.97. The molecule has 0 atom stereocenters. The Morgan fingerprint density at radius 1 is 1.25 bits per heavy atom. The molecule has 4 nitrogen and oxygen atoms in total. The van der Waals surface area contributed by atoms with Crippen LogP contribution in [0, 0.1) is 0 Å². The van der Waals surface area contributed by atoms with Crippen molar-refractivity contribution in [2.24, 2.45) is 0 Å². The zero-order valence-corrected chi connectivity index (χ0v) is 12.3. The van der Waals surface area contributed by atoms with Crippen LogP contribution in [0.2, 0.25) is 0 Å². The Hall–Kier alpha value is -1.84. The van der Waals surface area contributed by atoms with E-state index in [0.29, 0.717) is 30.3 Å². The van der Waals surface area contributed by atoms with E-state index < -0.39 is 5.97 Å². The van der Waals surface area contributed by atoms with E-state index in [2.05, 4.69) is 13.8 Å². The number of rotatable bonds is 8. The third-order valence-electron chi connectivity index (χ3n) is 3.07. The summed E-state index contributed by atoms with van der Waals surface area (Å²) in [6, 6.07) is 5.64. The van der Waals surface area contributed by atoms with Gasteiger partial charge in [0, 0.05) is 12.8 Å². The molecule has 1 aromatic carbocycles. The second kappa shape index (κ2) is 7.68. The molecule has 110 valence electrons. The molecule has 0 heterocycles. The van der Waals surface area contributed by atoms with Gasteiger partial charge in [-0.1, -0.05) is 19.9 Å². The number of ether oxygens (including phenoxy) is 1. The molecule has 0 aliphatic rings. The van der Waals surface area contributed by atoms with Gasteiger partial charge in [0.1, 0.15) is 5.75 Å². The Kier molecular flexibility index (Phi) is 6.22. The Bertz CT molecular complexity index is 477. The standard InChI is InChI=1S/C16H22O4/c1-4-20-15-9-8-12(11(2)3)10-13(15)14(17)6-5-7-16(18)19/h8-11H,4-7H2,1-3H3,(H,18,19). The molecule has 0 aliphatic carbocycles. The summed E-state index contributed by atoms with van der Waals surface area (Å²) in [4.78, 5) is 22.7. The van der Waals surface area contributed by atoms with E-state index in [1.54, 1.807) is 0 Å². The van der Waals surface area contributed by atoms with Crippen molar-refractivity contribution in [1.82, 2.24) is 0 Å². The topological polar surface area (TPSA) is 63.6 Å². The van der Waals surface area contributed by atoms with Crippen LogP contribution in [-0.4, -0.2) is 23.5 Å². The summed E-state index contributed by atoms with van der Waals surface area (Å²) in [6.45, 7) is 6.49. The molecule has 0 aliphatic heterocycles. The summed E-state index contributed by atoms with van der Waals surface area (Å²) >= 11 is 0. The summed E-state index contributed by atoms with van der Waals surface area (Å²) in [7, 11) is 0. The van der Waals surface area contributed by atoms with Gasteiger partial charge in [0.15, 0.2) is 5.78 Å². The zero-order chi connectivity index (χ0) is 15.1. The monoisotopic (exact) mass is 278 g/mol. The fraction of sp³-hybridized carbons (Fsp3) is 0.500. The van der Waals surface area contributed by atoms with Crippen molar-refractivity contribution in [2.75, 3.05) is 6.61 Å². The maximum atomic E-state index is 12.2. The number of carboxylic acid groups (broad SMARTS) is 1. The first-order valence-corrected chi connectivity index (χ1v) is 6.97. The van der Waals surface area contributed by atoms with Gasteiger partial charge in [-0.05, 0) is 37.0 Å². The molecule has 1 rings (SSSR count). The molecule has 0 spiro atoms. The van der Waals surface area contributed by atoms with Crippen molar-refractivity contribution >= 4 is 11.8 Å². The molecule has 0 amide bonds. The van der Waals surface area contributed by atoms with Crippen molar-refractivity contribution < 1.29 is 19.4 Å². The van der Waals surface area contributed by atoms with Crippen LogP contribution in [0.25, 0.3) is 0 Å². The summed E-state index contributed by atoms with van der Waals surface area (Å²) in [5.74, 6) is -0.0237. The maximum Gasteiger partial charge on any atom is 0.303 e. The smallest absolute Gasteiger partial charge is 0.303 e. The first kappa shape index (κ1) is 16.2. The fourth-order valence-electron chi connectivity index (χ4n) is 1.94. The van der Waals surface area contributed by atoms with E-state index in [9.17, 15) is 9.59 Å². The highest BCUT2D eigenvalue weighted by atomic mass is 16.5. The van der Waals surface area contributed by atoms with E-state index in [4.69, 9.17) is 9.84 Å². The molecular formula is C16H22O4. The lowest BCUT2D eigenvalue weighted by molar-refractivity contribution is -0.137. The zero-order valence-electron chi connectivity index (χ0n) is 12.3. The number of benzene rings is 1. The summed E-state index contributed by atoms with van der Waals surface area (Å²) in [6.07, 6.45) is 0.596. The lowest BCUT2D eigenvalue weighted by Crippen LogP contribution is -2.06. The van der Waals surface area contributed by atoms with Gasteiger partial charge in [-0.3, -0.25) is 9.59 Å². The number of ketones is 1. The Balaban J connectivity index is 2.90. The third kappa shape index (κ3) is 4.68. The van der Waals surface area contributed by atoms with Gasteiger partial charge in [0.25, 0.3) is 0 Å². The number of carboxylic acids is 1. The third-order valence-corrected chi connectivity index (χ3v) is 3.07. The molecule has 0 fully saturated rings. The summed E-state index contributed by atoms with van der Waals surface area (Å²) < 4.78 is 5.48. The molecule has 4 heteroatoms. The van der Waals surface area contributed by atoms with Crippen LogP contribution in [0.4, 0.5) is 0 Å². The van der Waals surface area contributed by atoms with Crippen molar-refractivity contribution in [2.45, 2.75) is 46.0 Å². The predicted octanol–water partition coefficient (Wildman–Crippen LogP) is 3.65. The number of carbonyl (C=O) groups is 2. The van der Waals surface area contributed by atoms with Crippen LogP contribution < -0.4 is 4.74 Å². The minimum absolute atomic E-state index is 0.0135. The average Bonchev–Trinajstić information content (AvgIpc) is 2.38. The van der Waals surface area contributed by atoms with E-state index in [-0.39, 0.29) is 18.6 Å². The molecular weight excluding hydrogens is 256 g/mol. The van der Waals surface area contributed by atoms with Crippen molar-refractivity contribution in [1.29, 1.82) is 0 Å². The van der Waals surface area contributed by atoms with Crippen molar-refractivity contribution in [3.63, 3.8) is 0 Å². The highest BCUT2D eigenvalue weighted by molar-refractivity contribution is 5.99. The average molecular weight is 278 g/mol. The number of hydrogen-bond donors (Lipinski definition) is 1. The highest BCUT2D eigenvalue weighted by Gasteiger charge is 2.15. The number of carbonyl (C=O) groups excluding carboxylic acids is 1. The maximum absolute atomic E-state index is 12.2. The fourth-order valence-corrected chi connectivity index (χ4v) is 1.94. The molecule has 0 saturated heterocycles. The number of Topliss-reactive ketones (excluding diaryl/α,β-unsaturated/α-hetero) is 1. The van der Waals surface area contributed by atoms with E-state index in [1.165, 1.54) is 0 Å². The molecule has 20 heavy (non-hydrogen) atoms. The normalized spacial score (nSPS) is 10.6. The first-order chi connectivity index (χ1) is 9.45. The molecule has 0 aromatic heterocycles. The van der Waals surface area contributed by atoms with Gasteiger partial charge in [0.2, 0.25) is 0 Å². The SMILES string of the molecule is CCOc1ccc(C(C)C)cc1C(=O)CCCC(=O)O. The van der Waals surface area contributed by atoms with Gasteiger partial charge in [-0.15, -0.1) is 0 Å². The molecule has 1 aromatic rings.